The van der Waals surface area contributed by atoms with E-state index in [9.17, 15) is 13.2 Å². The molecule has 0 saturated carbocycles. The zero-order valence-electron chi connectivity index (χ0n) is 11.9. The molecule has 0 aliphatic rings. The summed E-state index contributed by atoms with van der Waals surface area (Å²) >= 11 is 0. The van der Waals surface area contributed by atoms with Gasteiger partial charge in [-0.25, -0.2) is 0 Å². The summed E-state index contributed by atoms with van der Waals surface area (Å²) in [7, 11) is 1.81. The number of halogens is 3. The van der Waals surface area contributed by atoms with Gasteiger partial charge in [-0.3, -0.25) is 4.98 Å². The molecule has 2 nitrogen and oxygen atoms in total. The van der Waals surface area contributed by atoms with E-state index in [1.165, 1.54) is 12.1 Å². The summed E-state index contributed by atoms with van der Waals surface area (Å²) in [4.78, 5) is 3.98. The topological polar surface area (TPSA) is 24.9 Å². The SMILES string of the molecule is CNC(c1ccc(C(F)(F)F)cc1)C(C)c1ccncc1. The fourth-order valence-corrected chi connectivity index (χ4v) is 2.44. The quantitative estimate of drug-likeness (QED) is 0.915. The van der Waals surface area contributed by atoms with Gasteiger partial charge in [0, 0.05) is 24.4 Å². The first-order valence-corrected chi connectivity index (χ1v) is 6.68. The Morgan fingerprint density at radius 3 is 2.00 bits per heavy atom. The van der Waals surface area contributed by atoms with Crippen molar-refractivity contribution in [1.29, 1.82) is 0 Å². The van der Waals surface area contributed by atoms with E-state index in [4.69, 9.17) is 0 Å². The van der Waals surface area contributed by atoms with Crippen LogP contribution in [0.5, 0.6) is 0 Å². The van der Waals surface area contributed by atoms with Crippen LogP contribution < -0.4 is 5.32 Å². The Hall–Kier alpha value is -1.88. The molecule has 21 heavy (non-hydrogen) atoms. The average Bonchev–Trinajstić information content (AvgIpc) is 2.48. The van der Waals surface area contributed by atoms with Gasteiger partial charge in [-0.05, 0) is 42.4 Å². The third kappa shape index (κ3) is 3.61. The van der Waals surface area contributed by atoms with Gasteiger partial charge >= 0.3 is 6.18 Å². The van der Waals surface area contributed by atoms with E-state index in [2.05, 4.69) is 10.3 Å². The minimum absolute atomic E-state index is 0.0605. The highest BCUT2D eigenvalue weighted by molar-refractivity contribution is 5.30. The molecule has 0 spiro atoms. The van der Waals surface area contributed by atoms with E-state index in [-0.39, 0.29) is 12.0 Å². The van der Waals surface area contributed by atoms with Gasteiger partial charge in [-0.2, -0.15) is 13.2 Å². The largest absolute Gasteiger partial charge is 0.416 e. The van der Waals surface area contributed by atoms with Crippen LogP contribution in [0.15, 0.2) is 48.8 Å². The summed E-state index contributed by atoms with van der Waals surface area (Å²) in [5.41, 5.74) is 1.29. The molecule has 1 aromatic carbocycles. The van der Waals surface area contributed by atoms with Crippen molar-refractivity contribution in [3.63, 3.8) is 0 Å². The Morgan fingerprint density at radius 2 is 1.52 bits per heavy atom. The Labute approximate surface area is 122 Å². The highest BCUT2D eigenvalue weighted by Gasteiger charge is 2.30. The molecule has 1 heterocycles. The molecule has 2 rings (SSSR count). The lowest BCUT2D eigenvalue weighted by Gasteiger charge is -2.24. The Bertz CT molecular complexity index is 564. The first-order valence-electron chi connectivity index (χ1n) is 6.68. The number of pyridine rings is 1. The van der Waals surface area contributed by atoms with Crippen LogP contribution in [0.1, 0.15) is 35.6 Å². The van der Waals surface area contributed by atoms with Crippen molar-refractivity contribution >= 4 is 0 Å². The van der Waals surface area contributed by atoms with Crippen LogP contribution in [0, 0.1) is 0 Å². The molecule has 0 aliphatic carbocycles. The van der Waals surface area contributed by atoms with Crippen LogP contribution in [0.3, 0.4) is 0 Å². The number of rotatable bonds is 4. The molecule has 0 bridgehead atoms. The van der Waals surface area contributed by atoms with E-state index >= 15 is 0 Å². The number of likely N-dealkylation sites (N-methyl/N-ethyl adjacent to an activating group) is 1. The van der Waals surface area contributed by atoms with Crippen molar-refractivity contribution in [3.8, 4) is 0 Å². The molecule has 1 aromatic heterocycles. The predicted octanol–water partition coefficient (Wildman–Crippen LogP) is 4.16. The Kier molecular flexibility index (Phi) is 4.63. The molecule has 0 radical (unpaired) electrons. The van der Waals surface area contributed by atoms with E-state index in [1.807, 2.05) is 19.1 Å². The van der Waals surface area contributed by atoms with E-state index < -0.39 is 11.7 Å². The molecule has 2 aromatic rings. The van der Waals surface area contributed by atoms with Crippen LogP contribution >= 0.6 is 0 Å². The lowest BCUT2D eigenvalue weighted by atomic mass is 9.89. The maximum absolute atomic E-state index is 12.6. The molecule has 2 atom stereocenters. The number of hydrogen-bond donors (Lipinski definition) is 1. The second kappa shape index (κ2) is 6.26. The van der Waals surface area contributed by atoms with Gasteiger partial charge in [0.25, 0.3) is 0 Å². The van der Waals surface area contributed by atoms with E-state index in [0.29, 0.717) is 0 Å². The molecule has 0 aliphatic heterocycles. The maximum Gasteiger partial charge on any atom is 0.416 e. The summed E-state index contributed by atoms with van der Waals surface area (Å²) in [6, 6.07) is 9.08. The van der Waals surface area contributed by atoms with Crippen molar-refractivity contribution in [2.24, 2.45) is 0 Å². The molecular formula is C16H17F3N2. The highest BCUT2D eigenvalue weighted by Crippen LogP contribution is 2.33. The smallest absolute Gasteiger partial charge is 0.312 e. The van der Waals surface area contributed by atoms with Crippen LogP contribution in [-0.4, -0.2) is 12.0 Å². The molecule has 0 amide bonds. The highest BCUT2D eigenvalue weighted by atomic mass is 19.4. The fourth-order valence-electron chi connectivity index (χ4n) is 2.44. The van der Waals surface area contributed by atoms with Crippen LogP contribution in [0.2, 0.25) is 0 Å². The van der Waals surface area contributed by atoms with Gasteiger partial charge in [0.05, 0.1) is 5.56 Å². The molecule has 0 saturated heterocycles. The molecule has 2 unspecified atom stereocenters. The fraction of sp³-hybridized carbons (Fsp3) is 0.312. The van der Waals surface area contributed by atoms with Crippen LogP contribution in [-0.2, 0) is 6.18 Å². The van der Waals surface area contributed by atoms with E-state index in [0.717, 1.165) is 23.3 Å². The van der Waals surface area contributed by atoms with Crippen molar-refractivity contribution in [1.82, 2.24) is 10.3 Å². The number of aromatic nitrogens is 1. The second-order valence-corrected chi connectivity index (χ2v) is 4.96. The molecule has 0 fully saturated rings. The second-order valence-electron chi connectivity index (χ2n) is 4.96. The Morgan fingerprint density at radius 1 is 0.952 bits per heavy atom. The third-order valence-corrected chi connectivity index (χ3v) is 3.64. The van der Waals surface area contributed by atoms with Gasteiger partial charge in [-0.1, -0.05) is 19.1 Å². The van der Waals surface area contributed by atoms with Gasteiger partial charge in [0.15, 0.2) is 0 Å². The van der Waals surface area contributed by atoms with Gasteiger partial charge in [0.2, 0.25) is 0 Å². The third-order valence-electron chi connectivity index (χ3n) is 3.64. The normalized spacial score (nSPS) is 14.7. The van der Waals surface area contributed by atoms with Crippen LogP contribution in [0.25, 0.3) is 0 Å². The summed E-state index contributed by atoms with van der Waals surface area (Å²) in [6.07, 6.45) is -0.874. The Balaban J connectivity index is 2.25. The molecule has 1 N–H and O–H groups in total. The first-order chi connectivity index (χ1) is 9.93. The lowest BCUT2D eigenvalue weighted by Crippen LogP contribution is -2.22. The number of nitrogens with zero attached hydrogens (tertiary/aromatic N) is 1. The van der Waals surface area contributed by atoms with Crippen molar-refractivity contribution < 1.29 is 13.2 Å². The standard InChI is InChI=1S/C16H17F3N2/c1-11(12-7-9-21-10-8-12)15(20-2)13-3-5-14(6-4-13)16(17,18)19/h3-11,15,20H,1-2H3. The molecular weight excluding hydrogens is 277 g/mol. The number of alkyl halides is 3. The molecule has 5 heteroatoms. The first kappa shape index (κ1) is 15.5. The summed E-state index contributed by atoms with van der Waals surface area (Å²) in [5, 5.41) is 3.17. The number of nitrogens with one attached hydrogen (secondary N) is 1. The average molecular weight is 294 g/mol. The summed E-state index contributed by atoms with van der Waals surface area (Å²) in [6.45, 7) is 2.04. The van der Waals surface area contributed by atoms with Gasteiger partial charge in [0.1, 0.15) is 0 Å². The minimum Gasteiger partial charge on any atom is -0.312 e. The van der Waals surface area contributed by atoms with E-state index in [1.54, 1.807) is 19.4 Å². The minimum atomic E-state index is -4.30. The zero-order chi connectivity index (χ0) is 15.5. The summed E-state index contributed by atoms with van der Waals surface area (Å²) < 4.78 is 37.8. The zero-order valence-corrected chi connectivity index (χ0v) is 11.9. The number of hydrogen-bond acceptors (Lipinski definition) is 2. The summed E-state index contributed by atoms with van der Waals surface area (Å²) in [5.74, 6) is 0.120. The maximum atomic E-state index is 12.6. The van der Waals surface area contributed by atoms with Crippen molar-refractivity contribution in [3.05, 3.63) is 65.5 Å². The van der Waals surface area contributed by atoms with Gasteiger partial charge in [-0.15, -0.1) is 0 Å². The van der Waals surface area contributed by atoms with Crippen molar-refractivity contribution in [2.45, 2.75) is 25.1 Å². The predicted molar refractivity (Wildman–Crippen MR) is 75.9 cm³/mol. The monoisotopic (exact) mass is 294 g/mol. The lowest BCUT2D eigenvalue weighted by molar-refractivity contribution is -0.137. The number of benzene rings is 1. The van der Waals surface area contributed by atoms with Crippen LogP contribution in [0.4, 0.5) is 13.2 Å². The van der Waals surface area contributed by atoms with Crippen molar-refractivity contribution in [2.75, 3.05) is 7.05 Å². The molecule has 112 valence electrons. The van der Waals surface area contributed by atoms with Gasteiger partial charge < -0.3 is 5.32 Å².